The number of benzene rings is 1. The minimum Gasteiger partial charge on any atom is -0.366 e. The van der Waals surface area contributed by atoms with Gasteiger partial charge in [0, 0.05) is 31.7 Å². The number of fused-ring (bicyclic) bond motifs is 1. The second kappa shape index (κ2) is 7.39. The molecule has 0 spiro atoms. The number of carbonyl (C=O) groups is 2. The third kappa shape index (κ3) is 3.61. The van der Waals surface area contributed by atoms with Gasteiger partial charge in [-0.1, -0.05) is 11.3 Å². The van der Waals surface area contributed by atoms with Gasteiger partial charge in [-0.15, -0.1) is 0 Å². The van der Waals surface area contributed by atoms with Crippen LogP contribution in [0.4, 0.5) is 5.13 Å². The lowest BCUT2D eigenvalue weighted by Gasteiger charge is -2.34. The molecule has 3 rings (SSSR count). The summed E-state index contributed by atoms with van der Waals surface area (Å²) in [6, 6.07) is 5.33. The SMILES string of the molecule is CCN(CC)C(=O)C1CCCN(c2nc3ccc(C(N)=O)cc3s2)C1. The van der Waals surface area contributed by atoms with Crippen molar-refractivity contribution < 1.29 is 9.59 Å². The van der Waals surface area contributed by atoms with Crippen molar-refractivity contribution in [2.75, 3.05) is 31.1 Å². The van der Waals surface area contributed by atoms with E-state index in [1.165, 1.54) is 0 Å². The van der Waals surface area contributed by atoms with E-state index >= 15 is 0 Å². The standard InChI is InChI=1S/C18H24N4O2S/c1-3-21(4-2)17(24)13-6-5-9-22(11-13)18-20-14-8-7-12(16(19)23)10-15(14)25-18/h7-8,10,13H,3-6,9,11H2,1-2H3,(H2,19,23). The van der Waals surface area contributed by atoms with Crippen LogP contribution in [0.15, 0.2) is 18.2 Å². The molecule has 1 aliphatic rings. The molecule has 2 aromatic rings. The molecule has 1 aromatic carbocycles. The van der Waals surface area contributed by atoms with E-state index in [1.807, 2.05) is 24.8 Å². The summed E-state index contributed by atoms with van der Waals surface area (Å²) in [7, 11) is 0. The number of primary amides is 1. The third-order valence-corrected chi connectivity index (χ3v) is 5.86. The zero-order valence-corrected chi connectivity index (χ0v) is 15.5. The van der Waals surface area contributed by atoms with Crippen LogP contribution in [-0.2, 0) is 4.79 Å². The summed E-state index contributed by atoms with van der Waals surface area (Å²) < 4.78 is 0.948. The van der Waals surface area contributed by atoms with Gasteiger partial charge in [-0.05, 0) is 44.9 Å². The van der Waals surface area contributed by atoms with Gasteiger partial charge in [-0.3, -0.25) is 9.59 Å². The lowest BCUT2D eigenvalue weighted by molar-refractivity contribution is -0.135. The molecule has 25 heavy (non-hydrogen) atoms. The normalized spacial score (nSPS) is 17.7. The highest BCUT2D eigenvalue weighted by Crippen LogP contribution is 2.32. The van der Waals surface area contributed by atoms with Crippen LogP contribution in [-0.4, -0.2) is 47.9 Å². The smallest absolute Gasteiger partial charge is 0.248 e. The number of amides is 2. The Morgan fingerprint density at radius 2 is 2.12 bits per heavy atom. The number of rotatable bonds is 5. The number of nitrogens with two attached hydrogens (primary N) is 1. The molecule has 0 aliphatic carbocycles. The van der Waals surface area contributed by atoms with Crippen molar-refractivity contribution in [3.05, 3.63) is 23.8 Å². The number of nitrogens with zero attached hydrogens (tertiary/aromatic N) is 3. The predicted molar refractivity (Wildman–Crippen MR) is 101 cm³/mol. The molecular formula is C18H24N4O2S. The molecule has 0 saturated carbocycles. The maximum absolute atomic E-state index is 12.7. The van der Waals surface area contributed by atoms with E-state index in [1.54, 1.807) is 23.5 Å². The minimum atomic E-state index is -0.431. The Hall–Kier alpha value is -2.15. The molecule has 1 aromatic heterocycles. The third-order valence-electron chi connectivity index (χ3n) is 4.78. The Labute approximate surface area is 151 Å². The highest BCUT2D eigenvalue weighted by molar-refractivity contribution is 7.22. The highest BCUT2D eigenvalue weighted by atomic mass is 32.1. The van der Waals surface area contributed by atoms with E-state index in [0.717, 1.165) is 47.8 Å². The first kappa shape index (κ1) is 17.7. The Balaban J connectivity index is 1.80. The number of aromatic nitrogens is 1. The molecule has 1 fully saturated rings. The summed E-state index contributed by atoms with van der Waals surface area (Å²) in [6.07, 6.45) is 1.92. The zero-order valence-electron chi connectivity index (χ0n) is 14.7. The van der Waals surface area contributed by atoms with Gasteiger partial charge in [0.25, 0.3) is 0 Å². The number of anilines is 1. The van der Waals surface area contributed by atoms with Crippen molar-refractivity contribution in [2.45, 2.75) is 26.7 Å². The van der Waals surface area contributed by atoms with E-state index in [0.29, 0.717) is 12.1 Å². The van der Waals surface area contributed by atoms with Crippen molar-refractivity contribution >= 4 is 38.5 Å². The van der Waals surface area contributed by atoms with E-state index in [4.69, 9.17) is 5.73 Å². The van der Waals surface area contributed by atoms with Crippen LogP contribution in [0.5, 0.6) is 0 Å². The lowest BCUT2D eigenvalue weighted by atomic mass is 9.97. The highest BCUT2D eigenvalue weighted by Gasteiger charge is 2.29. The van der Waals surface area contributed by atoms with Crippen LogP contribution in [0.25, 0.3) is 10.2 Å². The van der Waals surface area contributed by atoms with Gasteiger partial charge in [0.1, 0.15) is 0 Å². The minimum absolute atomic E-state index is 0.0295. The van der Waals surface area contributed by atoms with Gasteiger partial charge in [0.15, 0.2) is 5.13 Å². The Morgan fingerprint density at radius 3 is 2.80 bits per heavy atom. The zero-order chi connectivity index (χ0) is 18.0. The summed E-state index contributed by atoms with van der Waals surface area (Å²) in [5, 5.41) is 0.911. The maximum Gasteiger partial charge on any atom is 0.248 e. The van der Waals surface area contributed by atoms with Gasteiger partial charge >= 0.3 is 0 Å². The van der Waals surface area contributed by atoms with E-state index in [9.17, 15) is 9.59 Å². The lowest BCUT2D eigenvalue weighted by Crippen LogP contribution is -2.44. The monoisotopic (exact) mass is 360 g/mol. The molecule has 1 atom stereocenters. The number of piperidine rings is 1. The summed E-state index contributed by atoms with van der Waals surface area (Å²) in [5.41, 5.74) is 6.71. The molecule has 0 bridgehead atoms. The van der Waals surface area contributed by atoms with Gasteiger partial charge in [-0.25, -0.2) is 4.98 Å². The Morgan fingerprint density at radius 1 is 1.36 bits per heavy atom. The average molecular weight is 360 g/mol. The quantitative estimate of drug-likeness (QED) is 0.888. The number of carbonyl (C=O) groups excluding carboxylic acids is 2. The fourth-order valence-corrected chi connectivity index (χ4v) is 4.39. The fraction of sp³-hybridized carbons (Fsp3) is 0.500. The first-order valence-corrected chi connectivity index (χ1v) is 9.59. The number of hydrogen-bond donors (Lipinski definition) is 1. The van der Waals surface area contributed by atoms with Crippen molar-refractivity contribution in [2.24, 2.45) is 11.7 Å². The first-order valence-electron chi connectivity index (χ1n) is 8.77. The van der Waals surface area contributed by atoms with Crippen molar-refractivity contribution in [1.29, 1.82) is 0 Å². The second-order valence-electron chi connectivity index (χ2n) is 6.34. The molecule has 2 amide bonds. The Bertz CT molecular complexity index is 784. The molecule has 6 nitrogen and oxygen atoms in total. The first-order chi connectivity index (χ1) is 12.0. The van der Waals surface area contributed by atoms with Crippen LogP contribution >= 0.6 is 11.3 Å². The van der Waals surface area contributed by atoms with Crippen molar-refractivity contribution in [3.63, 3.8) is 0 Å². The van der Waals surface area contributed by atoms with Crippen LogP contribution in [0.1, 0.15) is 37.0 Å². The van der Waals surface area contributed by atoms with Crippen LogP contribution in [0.3, 0.4) is 0 Å². The van der Waals surface area contributed by atoms with E-state index in [-0.39, 0.29) is 11.8 Å². The molecule has 0 radical (unpaired) electrons. The van der Waals surface area contributed by atoms with E-state index < -0.39 is 5.91 Å². The summed E-state index contributed by atoms with van der Waals surface area (Å²) in [4.78, 5) is 32.8. The van der Waals surface area contributed by atoms with Crippen molar-refractivity contribution in [1.82, 2.24) is 9.88 Å². The van der Waals surface area contributed by atoms with Gasteiger partial charge < -0.3 is 15.5 Å². The molecule has 2 N–H and O–H groups in total. The average Bonchev–Trinajstić information content (AvgIpc) is 3.06. The van der Waals surface area contributed by atoms with Gasteiger partial charge in [0.2, 0.25) is 11.8 Å². The molecule has 2 heterocycles. The van der Waals surface area contributed by atoms with Gasteiger partial charge in [-0.2, -0.15) is 0 Å². The van der Waals surface area contributed by atoms with Crippen LogP contribution < -0.4 is 10.6 Å². The Kier molecular flexibility index (Phi) is 5.22. The maximum atomic E-state index is 12.7. The summed E-state index contributed by atoms with van der Waals surface area (Å²) in [6.45, 7) is 7.16. The largest absolute Gasteiger partial charge is 0.366 e. The molecular weight excluding hydrogens is 336 g/mol. The molecule has 7 heteroatoms. The molecule has 1 saturated heterocycles. The van der Waals surface area contributed by atoms with Crippen molar-refractivity contribution in [3.8, 4) is 0 Å². The van der Waals surface area contributed by atoms with Crippen LogP contribution in [0, 0.1) is 5.92 Å². The summed E-state index contributed by atoms with van der Waals surface area (Å²) >= 11 is 1.55. The van der Waals surface area contributed by atoms with E-state index in [2.05, 4.69) is 9.88 Å². The van der Waals surface area contributed by atoms with Crippen LogP contribution in [0.2, 0.25) is 0 Å². The van der Waals surface area contributed by atoms with Gasteiger partial charge in [0.05, 0.1) is 16.1 Å². The topological polar surface area (TPSA) is 79.5 Å². The molecule has 1 aliphatic heterocycles. The molecule has 1 unspecified atom stereocenters. The molecule has 134 valence electrons. The predicted octanol–water partition coefficient (Wildman–Crippen LogP) is 2.48. The fourth-order valence-electron chi connectivity index (χ4n) is 3.35. The number of hydrogen-bond acceptors (Lipinski definition) is 5. The second-order valence-corrected chi connectivity index (χ2v) is 7.35. The number of thiazole rings is 1. The summed E-state index contributed by atoms with van der Waals surface area (Å²) in [5.74, 6) is -0.159.